The fourth-order valence-corrected chi connectivity index (χ4v) is 2.94. The molecule has 0 saturated carbocycles. The molecule has 1 unspecified atom stereocenters. The van der Waals surface area contributed by atoms with Crippen LogP contribution in [0.5, 0.6) is 0 Å². The second kappa shape index (κ2) is 13.2. The zero-order valence-corrected chi connectivity index (χ0v) is 17.3. The monoisotopic (exact) mass is 419 g/mol. The molecule has 0 saturated heterocycles. The van der Waals surface area contributed by atoms with Gasteiger partial charge in [0.2, 0.25) is 11.8 Å². The van der Waals surface area contributed by atoms with Crippen LogP contribution < -0.4 is 10.6 Å². The molecule has 1 aromatic carbocycles. The van der Waals surface area contributed by atoms with Crippen molar-refractivity contribution in [1.29, 1.82) is 0 Å². The van der Waals surface area contributed by atoms with Crippen LogP contribution in [0.2, 0.25) is 0 Å². The molecule has 1 atom stereocenters. The van der Waals surface area contributed by atoms with Crippen LogP contribution in [0.15, 0.2) is 18.2 Å². The first-order valence-electron chi connectivity index (χ1n) is 9.81. The third kappa shape index (κ3) is 7.40. The van der Waals surface area contributed by atoms with Gasteiger partial charge >= 0.3 is 0 Å². The number of hydrogen-bond donors (Lipinski definition) is 3. The summed E-state index contributed by atoms with van der Waals surface area (Å²) in [6.45, 7) is 0.0810. The number of likely N-dealkylation sites (N-methyl/N-ethyl adjacent to an activating group) is 2. The van der Waals surface area contributed by atoms with Crippen molar-refractivity contribution in [2.45, 2.75) is 44.6 Å². The highest BCUT2D eigenvalue weighted by Crippen LogP contribution is 2.19. The van der Waals surface area contributed by atoms with Crippen LogP contribution in [-0.4, -0.2) is 67.0 Å². The molecule has 1 rings (SSSR count). The predicted octanol–water partition coefficient (Wildman–Crippen LogP) is 1.16. The van der Waals surface area contributed by atoms with Crippen LogP contribution in [0, 0.1) is 0 Å². The molecule has 0 radical (unpaired) electrons. The number of aliphatic hydroxyl groups excluding tert-OH is 1. The maximum atomic E-state index is 13.0. The Kier molecular flexibility index (Phi) is 11.0. The number of carbonyl (C=O) groups is 5. The number of rotatable bonds is 13. The number of carbonyl (C=O) groups excluding carboxylic acids is 5. The number of unbranched alkanes of at least 4 members (excludes halogenated alkanes) is 2. The number of aldehydes is 2. The maximum Gasteiger partial charge on any atom is 0.255 e. The molecule has 0 bridgehead atoms. The van der Waals surface area contributed by atoms with Gasteiger partial charge in [0.05, 0.1) is 5.56 Å². The largest absolute Gasteiger partial charge is 0.396 e. The Hall–Kier alpha value is -3.07. The van der Waals surface area contributed by atoms with Crippen molar-refractivity contribution in [3.8, 4) is 0 Å². The Bertz CT molecular complexity index is 765. The summed E-state index contributed by atoms with van der Waals surface area (Å²) >= 11 is 0. The molecular weight excluding hydrogens is 390 g/mol. The highest BCUT2D eigenvalue weighted by atomic mass is 16.3. The standard InChI is InChI=1S/C21H29N3O6/c1-22-20(29)18(7-6-12-26)24(2)21(30)17-13-16(10-9-15(17)14-27)23-19(28)8-4-3-5-11-25/h9-10,12-14,18,25H,3-8,11H2,1-2H3,(H,22,29)(H,23,28). The molecule has 1 aromatic rings. The minimum atomic E-state index is -0.878. The molecule has 9 nitrogen and oxygen atoms in total. The van der Waals surface area contributed by atoms with Gasteiger partial charge in [-0.3, -0.25) is 19.2 Å². The minimum Gasteiger partial charge on any atom is -0.396 e. The van der Waals surface area contributed by atoms with E-state index in [2.05, 4.69) is 10.6 Å². The van der Waals surface area contributed by atoms with Gasteiger partial charge in [0.15, 0.2) is 6.29 Å². The van der Waals surface area contributed by atoms with Gasteiger partial charge in [0, 0.05) is 44.8 Å². The number of nitrogens with zero attached hydrogens (tertiary/aromatic N) is 1. The number of hydrogen-bond acceptors (Lipinski definition) is 6. The molecule has 0 fully saturated rings. The summed E-state index contributed by atoms with van der Waals surface area (Å²) in [6.07, 6.45) is 3.69. The van der Waals surface area contributed by atoms with Gasteiger partial charge in [-0.15, -0.1) is 0 Å². The highest BCUT2D eigenvalue weighted by molar-refractivity contribution is 6.04. The second-order valence-corrected chi connectivity index (χ2v) is 6.79. The zero-order chi connectivity index (χ0) is 22.5. The Morgan fingerprint density at radius 3 is 2.50 bits per heavy atom. The molecule has 0 aromatic heterocycles. The Labute approximate surface area is 175 Å². The number of amides is 3. The van der Waals surface area contributed by atoms with E-state index < -0.39 is 17.9 Å². The molecule has 0 spiro atoms. The quantitative estimate of drug-likeness (QED) is 0.325. The first-order chi connectivity index (χ1) is 14.4. The van der Waals surface area contributed by atoms with E-state index in [-0.39, 0.29) is 42.9 Å². The SMILES string of the molecule is CNC(=O)C(CCC=O)N(C)C(=O)c1cc(NC(=O)CCCCCO)ccc1C=O. The van der Waals surface area contributed by atoms with Gasteiger partial charge in [-0.25, -0.2) is 0 Å². The van der Waals surface area contributed by atoms with Crippen molar-refractivity contribution in [1.82, 2.24) is 10.2 Å². The van der Waals surface area contributed by atoms with E-state index in [9.17, 15) is 24.0 Å². The van der Waals surface area contributed by atoms with Gasteiger partial charge in [0.25, 0.3) is 5.91 Å². The van der Waals surface area contributed by atoms with Crippen LogP contribution in [0.25, 0.3) is 0 Å². The van der Waals surface area contributed by atoms with Gasteiger partial charge in [-0.2, -0.15) is 0 Å². The second-order valence-electron chi connectivity index (χ2n) is 6.79. The van der Waals surface area contributed by atoms with E-state index in [4.69, 9.17) is 5.11 Å². The number of nitrogens with one attached hydrogen (secondary N) is 2. The lowest BCUT2D eigenvalue weighted by atomic mass is 10.0. The van der Waals surface area contributed by atoms with E-state index >= 15 is 0 Å². The van der Waals surface area contributed by atoms with E-state index in [1.165, 1.54) is 37.2 Å². The molecule has 164 valence electrons. The normalized spacial score (nSPS) is 11.3. The molecule has 0 aliphatic heterocycles. The highest BCUT2D eigenvalue weighted by Gasteiger charge is 2.28. The van der Waals surface area contributed by atoms with Crippen LogP contribution in [0.3, 0.4) is 0 Å². The minimum absolute atomic E-state index is 0.0468. The van der Waals surface area contributed by atoms with Crippen LogP contribution >= 0.6 is 0 Å². The van der Waals surface area contributed by atoms with Crippen LogP contribution in [-0.2, 0) is 14.4 Å². The van der Waals surface area contributed by atoms with Crippen LogP contribution in [0.4, 0.5) is 5.69 Å². The molecule has 0 aliphatic rings. The van der Waals surface area contributed by atoms with E-state index in [1.54, 1.807) is 0 Å². The summed E-state index contributed by atoms with van der Waals surface area (Å²) in [4.78, 5) is 60.5. The van der Waals surface area contributed by atoms with Crippen molar-refractivity contribution >= 4 is 36.0 Å². The van der Waals surface area contributed by atoms with Crippen molar-refractivity contribution in [2.75, 3.05) is 26.0 Å². The number of aliphatic hydroxyl groups is 1. The summed E-state index contributed by atoms with van der Waals surface area (Å²) in [5, 5.41) is 13.9. The summed E-state index contributed by atoms with van der Waals surface area (Å²) in [5.74, 6) is -1.24. The molecule has 3 amide bonds. The molecule has 30 heavy (non-hydrogen) atoms. The van der Waals surface area contributed by atoms with Gasteiger partial charge in [-0.05, 0) is 37.5 Å². The summed E-state index contributed by atoms with van der Waals surface area (Å²) < 4.78 is 0. The average molecular weight is 419 g/mol. The lowest BCUT2D eigenvalue weighted by Gasteiger charge is -2.27. The summed E-state index contributed by atoms with van der Waals surface area (Å²) in [6, 6.07) is 3.47. The smallest absolute Gasteiger partial charge is 0.255 e. The fourth-order valence-electron chi connectivity index (χ4n) is 2.94. The molecule has 0 aliphatic carbocycles. The first-order valence-corrected chi connectivity index (χ1v) is 9.81. The van der Waals surface area contributed by atoms with Gasteiger partial charge < -0.3 is 25.4 Å². The predicted molar refractivity (Wildman–Crippen MR) is 111 cm³/mol. The third-order valence-electron chi connectivity index (χ3n) is 4.65. The van der Waals surface area contributed by atoms with Gasteiger partial charge in [0.1, 0.15) is 12.3 Å². The van der Waals surface area contributed by atoms with Crippen molar-refractivity contribution in [2.24, 2.45) is 0 Å². The average Bonchev–Trinajstić information content (AvgIpc) is 2.75. The van der Waals surface area contributed by atoms with Crippen molar-refractivity contribution in [3.05, 3.63) is 29.3 Å². The van der Waals surface area contributed by atoms with E-state index in [0.717, 1.165) is 6.42 Å². The summed E-state index contributed by atoms with van der Waals surface area (Å²) in [5.41, 5.74) is 0.526. The molecule has 0 heterocycles. The first kappa shape index (κ1) is 25.0. The third-order valence-corrected chi connectivity index (χ3v) is 4.65. The number of anilines is 1. The Morgan fingerprint density at radius 2 is 1.90 bits per heavy atom. The zero-order valence-electron chi connectivity index (χ0n) is 17.3. The Balaban J connectivity index is 3.01. The molecule has 3 N–H and O–H groups in total. The fraction of sp³-hybridized carbons (Fsp3) is 0.476. The molecule has 9 heteroatoms. The van der Waals surface area contributed by atoms with Gasteiger partial charge in [-0.1, -0.05) is 6.42 Å². The van der Waals surface area contributed by atoms with Crippen molar-refractivity contribution < 1.29 is 29.1 Å². The van der Waals surface area contributed by atoms with Crippen molar-refractivity contribution in [3.63, 3.8) is 0 Å². The maximum absolute atomic E-state index is 13.0. The number of benzene rings is 1. The molecular formula is C21H29N3O6. The lowest BCUT2D eigenvalue weighted by molar-refractivity contribution is -0.125. The summed E-state index contributed by atoms with van der Waals surface area (Å²) in [7, 11) is 2.86. The van der Waals surface area contributed by atoms with E-state index in [0.29, 0.717) is 31.1 Å². The van der Waals surface area contributed by atoms with Crippen LogP contribution in [0.1, 0.15) is 59.2 Å². The van der Waals surface area contributed by atoms with E-state index in [1.807, 2.05) is 0 Å². The Morgan fingerprint density at radius 1 is 1.17 bits per heavy atom. The topological polar surface area (TPSA) is 133 Å². The lowest BCUT2D eigenvalue weighted by Crippen LogP contribution is -2.47.